The van der Waals surface area contributed by atoms with Gasteiger partial charge in [0.1, 0.15) is 5.82 Å². The third-order valence-electron chi connectivity index (χ3n) is 3.92. The molecule has 0 spiro atoms. The Morgan fingerprint density at radius 3 is 2.40 bits per heavy atom. The van der Waals surface area contributed by atoms with Crippen LogP contribution in [0, 0.1) is 5.82 Å². The van der Waals surface area contributed by atoms with E-state index >= 15 is 0 Å². The fourth-order valence-electron chi connectivity index (χ4n) is 2.73. The minimum Gasteiger partial charge on any atom is -0.324 e. The van der Waals surface area contributed by atoms with Gasteiger partial charge in [0.2, 0.25) is 0 Å². The SMILES string of the molecule is CCCCCCCC(N)c1ccc(F)c2ccccc12. The summed E-state index contributed by atoms with van der Waals surface area (Å²) in [6.07, 6.45) is 7.20. The van der Waals surface area contributed by atoms with E-state index in [0.29, 0.717) is 5.39 Å². The van der Waals surface area contributed by atoms with Gasteiger partial charge in [-0.3, -0.25) is 0 Å². The Hall–Kier alpha value is -1.41. The second kappa shape index (κ2) is 7.39. The van der Waals surface area contributed by atoms with Crippen LogP contribution in [-0.4, -0.2) is 0 Å². The maximum Gasteiger partial charge on any atom is 0.131 e. The molecule has 1 nitrogen and oxygen atoms in total. The molecule has 0 radical (unpaired) electrons. The molecule has 1 unspecified atom stereocenters. The van der Waals surface area contributed by atoms with E-state index in [1.165, 1.54) is 31.7 Å². The van der Waals surface area contributed by atoms with E-state index in [-0.39, 0.29) is 11.9 Å². The van der Waals surface area contributed by atoms with E-state index < -0.39 is 0 Å². The molecule has 20 heavy (non-hydrogen) atoms. The van der Waals surface area contributed by atoms with Gasteiger partial charge in [0.25, 0.3) is 0 Å². The molecule has 0 saturated heterocycles. The summed E-state index contributed by atoms with van der Waals surface area (Å²) in [5.74, 6) is -0.167. The zero-order chi connectivity index (χ0) is 14.4. The standard InChI is InChI=1S/C18H24FN/c1-2-3-4-5-6-11-18(20)16-12-13-17(19)15-10-8-7-9-14(15)16/h7-10,12-13,18H,2-6,11,20H2,1H3. The molecule has 0 amide bonds. The Morgan fingerprint density at radius 1 is 0.950 bits per heavy atom. The molecule has 0 saturated carbocycles. The first kappa shape index (κ1) is 15.0. The molecule has 0 heterocycles. The lowest BCUT2D eigenvalue weighted by Crippen LogP contribution is -2.11. The zero-order valence-corrected chi connectivity index (χ0v) is 12.2. The maximum atomic E-state index is 13.8. The minimum absolute atomic E-state index is 0.00197. The van der Waals surface area contributed by atoms with Crippen molar-refractivity contribution < 1.29 is 4.39 Å². The summed E-state index contributed by atoms with van der Waals surface area (Å²) in [5.41, 5.74) is 7.37. The van der Waals surface area contributed by atoms with Crippen LogP contribution in [0.2, 0.25) is 0 Å². The van der Waals surface area contributed by atoms with Crippen LogP contribution in [0.25, 0.3) is 10.8 Å². The highest BCUT2D eigenvalue weighted by Gasteiger charge is 2.11. The molecule has 0 fully saturated rings. The molecule has 2 rings (SSSR count). The number of benzene rings is 2. The summed E-state index contributed by atoms with van der Waals surface area (Å²) in [7, 11) is 0. The topological polar surface area (TPSA) is 26.0 Å². The van der Waals surface area contributed by atoms with Crippen molar-refractivity contribution in [1.29, 1.82) is 0 Å². The van der Waals surface area contributed by atoms with Crippen molar-refractivity contribution in [3.8, 4) is 0 Å². The summed E-state index contributed by atoms with van der Waals surface area (Å²) < 4.78 is 13.8. The molecule has 0 aliphatic carbocycles. The average Bonchev–Trinajstić information content (AvgIpc) is 2.47. The molecule has 0 bridgehead atoms. The molecule has 0 aliphatic rings. The van der Waals surface area contributed by atoms with Crippen molar-refractivity contribution in [2.45, 2.75) is 51.5 Å². The monoisotopic (exact) mass is 273 g/mol. The Morgan fingerprint density at radius 2 is 1.65 bits per heavy atom. The van der Waals surface area contributed by atoms with E-state index in [9.17, 15) is 4.39 Å². The number of hydrogen-bond donors (Lipinski definition) is 1. The van der Waals surface area contributed by atoms with Crippen LogP contribution in [0.15, 0.2) is 36.4 Å². The Bertz CT molecular complexity index is 550. The highest BCUT2D eigenvalue weighted by Crippen LogP contribution is 2.28. The van der Waals surface area contributed by atoms with Crippen LogP contribution in [-0.2, 0) is 0 Å². The van der Waals surface area contributed by atoms with Gasteiger partial charge in [-0.25, -0.2) is 4.39 Å². The predicted octanol–water partition coefficient (Wildman–Crippen LogP) is 5.34. The molecule has 2 N–H and O–H groups in total. The van der Waals surface area contributed by atoms with Crippen LogP contribution in [0.1, 0.15) is 57.1 Å². The van der Waals surface area contributed by atoms with Gasteiger partial charge in [-0.1, -0.05) is 69.4 Å². The third-order valence-corrected chi connectivity index (χ3v) is 3.92. The summed E-state index contributed by atoms with van der Waals surface area (Å²) in [6, 6.07) is 11.0. The quantitative estimate of drug-likeness (QED) is 0.677. The van der Waals surface area contributed by atoms with Crippen molar-refractivity contribution in [2.75, 3.05) is 0 Å². The summed E-state index contributed by atoms with van der Waals surface area (Å²) in [6.45, 7) is 2.22. The lowest BCUT2D eigenvalue weighted by Gasteiger charge is -2.15. The lowest BCUT2D eigenvalue weighted by molar-refractivity contribution is 0.556. The number of unbranched alkanes of at least 4 members (excludes halogenated alkanes) is 4. The highest BCUT2D eigenvalue weighted by atomic mass is 19.1. The van der Waals surface area contributed by atoms with Crippen LogP contribution in [0.5, 0.6) is 0 Å². The average molecular weight is 273 g/mol. The normalized spacial score (nSPS) is 12.8. The molecule has 0 aliphatic heterocycles. The van der Waals surface area contributed by atoms with Gasteiger partial charge in [0.05, 0.1) is 0 Å². The minimum atomic E-state index is -0.167. The van der Waals surface area contributed by atoms with Crippen LogP contribution >= 0.6 is 0 Å². The van der Waals surface area contributed by atoms with Gasteiger partial charge in [-0.2, -0.15) is 0 Å². The molecule has 2 aromatic carbocycles. The van der Waals surface area contributed by atoms with Crippen molar-refractivity contribution in [1.82, 2.24) is 0 Å². The van der Waals surface area contributed by atoms with Crippen molar-refractivity contribution in [3.05, 3.63) is 47.8 Å². The summed E-state index contributed by atoms with van der Waals surface area (Å²) in [4.78, 5) is 0. The number of halogens is 1. The Balaban J connectivity index is 2.06. The zero-order valence-electron chi connectivity index (χ0n) is 12.2. The molecular weight excluding hydrogens is 249 g/mol. The van der Waals surface area contributed by atoms with E-state index in [4.69, 9.17) is 5.73 Å². The van der Waals surface area contributed by atoms with E-state index in [1.807, 2.05) is 30.3 Å². The van der Waals surface area contributed by atoms with Crippen molar-refractivity contribution in [3.63, 3.8) is 0 Å². The lowest BCUT2D eigenvalue weighted by atomic mass is 9.95. The second-order valence-electron chi connectivity index (χ2n) is 5.49. The van der Waals surface area contributed by atoms with Crippen LogP contribution < -0.4 is 5.73 Å². The fourth-order valence-corrected chi connectivity index (χ4v) is 2.73. The van der Waals surface area contributed by atoms with Gasteiger partial charge in [-0.05, 0) is 23.4 Å². The first-order valence-electron chi connectivity index (χ1n) is 7.66. The molecule has 1 atom stereocenters. The number of fused-ring (bicyclic) bond motifs is 1. The molecule has 0 aromatic heterocycles. The molecule has 108 valence electrons. The second-order valence-corrected chi connectivity index (χ2v) is 5.49. The first-order valence-corrected chi connectivity index (χ1v) is 7.66. The summed E-state index contributed by atoms with van der Waals surface area (Å²) >= 11 is 0. The smallest absolute Gasteiger partial charge is 0.131 e. The van der Waals surface area contributed by atoms with Crippen LogP contribution in [0.4, 0.5) is 4.39 Å². The van der Waals surface area contributed by atoms with Crippen molar-refractivity contribution in [2.24, 2.45) is 5.73 Å². The number of nitrogens with two attached hydrogens (primary N) is 1. The van der Waals surface area contributed by atoms with Gasteiger partial charge >= 0.3 is 0 Å². The van der Waals surface area contributed by atoms with Gasteiger partial charge in [0.15, 0.2) is 0 Å². The van der Waals surface area contributed by atoms with Crippen molar-refractivity contribution >= 4 is 10.8 Å². The predicted molar refractivity (Wildman–Crippen MR) is 84.2 cm³/mol. The summed E-state index contributed by atoms with van der Waals surface area (Å²) in [5, 5.41) is 1.62. The number of hydrogen-bond acceptors (Lipinski definition) is 1. The largest absolute Gasteiger partial charge is 0.324 e. The van der Waals surface area contributed by atoms with Gasteiger partial charge < -0.3 is 5.73 Å². The van der Waals surface area contributed by atoms with E-state index in [1.54, 1.807) is 0 Å². The highest BCUT2D eigenvalue weighted by molar-refractivity contribution is 5.86. The molecule has 2 heteroatoms. The van der Waals surface area contributed by atoms with E-state index in [2.05, 4.69) is 6.92 Å². The Kier molecular flexibility index (Phi) is 5.54. The maximum absolute atomic E-state index is 13.8. The van der Waals surface area contributed by atoms with E-state index in [0.717, 1.165) is 23.8 Å². The molecule has 2 aromatic rings. The third kappa shape index (κ3) is 3.57. The fraction of sp³-hybridized carbons (Fsp3) is 0.444. The molecular formula is C18H24FN. The number of rotatable bonds is 7. The van der Waals surface area contributed by atoms with Crippen LogP contribution in [0.3, 0.4) is 0 Å². The first-order chi connectivity index (χ1) is 9.74. The van der Waals surface area contributed by atoms with Gasteiger partial charge in [-0.15, -0.1) is 0 Å². The Labute approximate surface area is 121 Å². The van der Waals surface area contributed by atoms with Gasteiger partial charge in [0, 0.05) is 11.4 Å².